The van der Waals surface area contributed by atoms with Crippen molar-refractivity contribution in [3.8, 4) is 5.75 Å². The van der Waals surface area contributed by atoms with Crippen LogP contribution < -0.4 is 4.90 Å². The maximum absolute atomic E-state index is 13.7. The van der Waals surface area contributed by atoms with E-state index in [1.165, 1.54) is 4.90 Å². The number of phenolic OH excluding ortho intramolecular Hbond substituents is 1. The number of anilines is 1. The highest BCUT2D eigenvalue weighted by Crippen LogP contribution is 2.47. The molecule has 218 valence electrons. The summed E-state index contributed by atoms with van der Waals surface area (Å²) in [4.78, 5) is 32.9. The Kier molecular flexibility index (Phi) is 9.33. The minimum Gasteiger partial charge on any atom is -0.507 e. The van der Waals surface area contributed by atoms with Crippen molar-refractivity contribution in [1.82, 2.24) is 4.98 Å². The van der Waals surface area contributed by atoms with E-state index >= 15 is 0 Å². The SMILES string of the molecule is COCC1=C([C@H](O)CC/C(=C/c2cc(Br)ccc2O)c2ccccn2)[C@H](CO)[C@@H]2C(=O)N(c3ccccc3)C(=O)[C@@H]2C1. The summed E-state index contributed by atoms with van der Waals surface area (Å²) in [7, 11) is 1.54. The van der Waals surface area contributed by atoms with E-state index in [0.29, 0.717) is 28.9 Å². The molecule has 1 fully saturated rings. The molecule has 2 amide bonds. The summed E-state index contributed by atoms with van der Waals surface area (Å²) in [5.41, 5.74) is 3.89. The Morgan fingerprint density at radius 2 is 1.88 bits per heavy atom. The van der Waals surface area contributed by atoms with Gasteiger partial charge in [-0.15, -0.1) is 0 Å². The molecule has 3 N–H and O–H groups in total. The highest BCUT2D eigenvalue weighted by Gasteiger charge is 2.55. The number of para-hydroxylation sites is 1. The number of hydrogen-bond donors (Lipinski definition) is 3. The van der Waals surface area contributed by atoms with Crippen molar-refractivity contribution in [2.24, 2.45) is 17.8 Å². The first kappa shape index (κ1) is 29.8. The second-order valence-electron chi connectivity index (χ2n) is 10.6. The van der Waals surface area contributed by atoms with E-state index in [-0.39, 0.29) is 37.0 Å². The van der Waals surface area contributed by atoms with Gasteiger partial charge in [-0.1, -0.05) is 40.2 Å². The molecule has 42 heavy (non-hydrogen) atoms. The highest BCUT2D eigenvalue weighted by atomic mass is 79.9. The largest absolute Gasteiger partial charge is 0.507 e. The number of aromatic nitrogens is 1. The van der Waals surface area contributed by atoms with E-state index in [0.717, 1.165) is 15.6 Å². The number of carbonyl (C=O) groups is 2. The smallest absolute Gasteiger partial charge is 0.238 e. The minimum atomic E-state index is -1.01. The Hall–Kier alpha value is -3.63. The molecule has 0 radical (unpaired) electrons. The fourth-order valence-corrected chi connectivity index (χ4v) is 6.58. The van der Waals surface area contributed by atoms with E-state index in [9.17, 15) is 24.9 Å². The zero-order valence-electron chi connectivity index (χ0n) is 23.2. The molecule has 5 rings (SSSR count). The van der Waals surface area contributed by atoms with Crippen molar-refractivity contribution < 1.29 is 29.6 Å². The first-order chi connectivity index (χ1) is 20.3. The highest BCUT2D eigenvalue weighted by molar-refractivity contribution is 9.10. The van der Waals surface area contributed by atoms with Crippen molar-refractivity contribution in [2.45, 2.75) is 25.4 Å². The zero-order chi connectivity index (χ0) is 29.8. The number of aliphatic hydroxyl groups excluding tert-OH is 2. The average Bonchev–Trinajstić information content (AvgIpc) is 3.25. The van der Waals surface area contributed by atoms with Crippen LogP contribution in [0.3, 0.4) is 0 Å². The second kappa shape index (κ2) is 13.1. The summed E-state index contributed by atoms with van der Waals surface area (Å²) in [6.07, 6.45) is 3.44. The number of halogens is 1. The second-order valence-corrected chi connectivity index (χ2v) is 11.5. The molecule has 9 heteroatoms. The van der Waals surface area contributed by atoms with Gasteiger partial charge in [0.15, 0.2) is 0 Å². The third-order valence-electron chi connectivity index (χ3n) is 8.07. The third kappa shape index (κ3) is 5.96. The molecule has 2 aromatic carbocycles. The number of methoxy groups -OCH3 is 1. The molecule has 4 atom stereocenters. The van der Waals surface area contributed by atoms with Crippen LogP contribution in [0.15, 0.2) is 88.5 Å². The molecule has 8 nitrogen and oxygen atoms in total. The molecule has 2 aliphatic rings. The van der Waals surface area contributed by atoms with Crippen molar-refractivity contribution >= 4 is 45.1 Å². The number of nitrogens with zero attached hydrogens (tertiary/aromatic N) is 2. The molecule has 0 unspecified atom stereocenters. The Labute approximate surface area is 253 Å². The van der Waals surface area contributed by atoms with Crippen LogP contribution in [0.1, 0.15) is 30.5 Å². The minimum absolute atomic E-state index is 0.114. The lowest BCUT2D eigenvalue weighted by molar-refractivity contribution is -0.123. The van der Waals surface area contributed by atoms with Gasteiger partial charge in [0.2, 0.25) is 11.8 Å². The number of phenols is 1. The number of hydrogen-bond acceptors (Lipinski definition) is 7. The van der Waals surface area contributed by atoms with Gasteiger partial charge in [-0.25, -0.2) is 0 Å². The monoisotopic (exact) mass is 632 g/mol. The van der Waals surface area contributed by atoms with Gasteiger partial charge >= 0.3 is 0 Å². The molecular weight excluding hydrogens is 600 g/mol. The third-order valence-corrected chi connectivity index (χ3v) is 8.57. The lowest BCUT2D eigenvalue weighted by atomic mass is 9.68. The topological polar surface area (TPSA) is 120 Å². The van der Waals surface area contributed by atoms with Crippen LogP contribution in [0.2, 0.25) is 0 Å². The number of pyridine rings is 1. The molecule has 0 bridgehead atoms. The maximum atomic E-state index is 13.7. The summed E-state index contributed by atoms with van der Waals surface area (Å²) in [5, 5.41) is 32.7. The standard InChI is InChI=1S/C33H33BrN2O6/c1-42-19-22-17-25-31(33(41)36(32(25)40)24-7-3-2-4-8-24)26(18-37)30(22)29(39)12-10-20(27-9-5-6-14-35-27)15-21-16-23(34)11-13-28(21)38/h2-9,11,13-16,25-26,29,31,37-39H,10,12,17-19H2,1H3/b20-15-/t25-,26+,29-,31-/m1/s1. The van der Waals surface area contributed by atoms with Gasteiger partial charge in [0, 0.05) is 29.3 Å². The number of fused-ring (bicyclic) bond motifs is 1. The summed E-state index contributed by atoms with van der Waals surface area (Å²) in [6, 6.07) is 19.5. The average molecular weight is 634 g/mol. The van der Waals surface area contributed by atoms with Crippen molar-refractivity contribution in [3.05, 3.63) is 99.8 Å². The Morgan fingerprint density at radius 3 is 2.57 bits per heavy atom. The van der Waals surface area contributed by atoms with Crippen LogP contribution >= 0.6 is 15.9 Å². The van der Waals surface area contributed by atoms with Crippen molar-refractivity contribution in [1.29, 1.82) is 0 Å². The Bertz CT molecular complexity index is 1510. The van der Waals surface area contributed by atoms with Crippen LogP contribution in [-0.4, -0.2) is 58.5 Å². The van der Waals surface area contributed by atoms with Crippen molar-refractivity contribution in [2.75, 3.05) is 25.2 Å². The van der Waals surface area contributed by atoms with Crippen molar-refractivity contribution in [3.63, 3.8) is 0 Å². The van der Waals surface area contributed by atoms with Gasteiger partial charge in [0.05, 0.1) is 42.5 Å². The van der Waals surface area contributed by atoms with Crippen LogP contribution in [0.5, 0.6) is 5.75 Å². The molecule has 3 aromatic rings. The lowest BCUT2D eigenvalue weighted by Crippen LogP contribution is -2.39. The molecular formula is C33H33BrN2O6. The Balaban J connectivity index is 1.46. The first-order valence-electron chi connectivity index (χ1n) is 13.9. The number of aromatic hydroxyl groups is 1. The predicted octanol–water partition coefficient (Wildman–Crippen LogP) is 4.99. The van der Waals surface area contributed by atoms with E-state index in [1.807, 2.05) is 30.3 Å². The molecule has 1 saturated heterocycles. The number of imide groups is 1. The fourth-order valence-electron chi connectivity index (χ4n) is 6.20. The van der Waals surface area contributed by atoms with Crippen LogP contribution in [0.25, 0.3) is 11.6 Å². The fraction of sp³-hybridized carbons (Fsp3) is 0.303. The van der Waals surface area contributed by atoms with E-state index in [4.69, 9.17) is 4.74 Å². The Morgan fingerprint density at radius 1 is 1.12 bits per heavy atom. The van der Waals surface area contributed by atoms with Crippen LogP contribution in [0.4, 0.5) is 5.69 Å². The molecule has 0 saturated carbocycles. The van der Waals surface area contributed by atoms with Gasteiger partial charge in [-0.3, -0.25) is 19.5 Å². The summed E-state index contributed by atoms with van der Waals surface area (Å²) < 4.78 is 6.27. The van der Waals surface area contributed by atoms with Gasteiger partial charge in [-0.05, 0) is 84.5 Å². The number of rotatable bonds is 10. The van der Waals surface area contributed by atoms with Gasteiger partial charge < -0.3 is 20.1 Å². The predicted molar refractivity (Wildman–Crippen MR) is 163 cm³/mol. The number of aliphatic hydroxyl groups is 2. The van der Waals surface area contributed by atoms with E-state index < -0.39 is 30.5 Å². The van der Waals surface area contributed by atoms with Gasteiger partial charge in [-0.2, -0.15) is 0 Å². The van der Waals surface area contributed by atoms with E-state index in [2.05, 4.69) is 20.9 Å². The van der Waals surface area contributed by atoms with Gasteiger partial charge in [0.25, 0.3) is 0 Å². The van der Waals surface area contributed by atoms with Gasteiger partial charge in [0.1, 0.15) is 5.75 Å². The molecule has 1 aromatic heterocycles. The zero-order valence-corrected chi connectivity index (χ0v) is 24.8. The summed E-state index contributed by atoms with van der Waals surface area (Å²) in [5.74, 6) is -2.70. The normalized spacial score (nSPS) is 21.6. The maximum Gasteiger partial charge on any atom is 0.238 e. The van der Waals surface area contributed by atoms with Crippen LogP contribution in [0, 0.1) is 17.8 Å². The number of allylic oxidation sites excluding steroid dienone is 1. The molecule has 0 spiro atoms. The number of carbonyl (C=O) groups excluding carboxylic acids is 2. The molecule has 2 heterocycles. The molecule has 1 aliphatic carbocycles. The summed E-state index contributed by atoms with van der Waals surface area (Å²) >= 11 is 3.45. The number of benzene rings is 2. The number of amides is 2. The van der Waals surface area contributed by atoms with E-state index in [1.54, 1.807) is 55.8 Å². The first-order valence-corrected chi connectivity index (χ1v) is 14.7. The van der Waals surface area contributed by atoms with Crippen LogP contribution in [-0.2, 0) is 14.3 Å². The quantitative estimate of drug-likeness (QED) is 0.213. The molecule has 1 aliphatic heterocycles. The lowest BCUT2D eigenvalue weighted by Gasteiger charge is -2.36. The summed E-state index contributed by atoms with van der Waals surface area (Å²) in [6.45, 7) is -0.217. The number of ether oxygens (including phenoxy) is 1.